The Kier molecular flexibility index (Phi) is 9.48. The molecule has 0 amide bonds. The minimum Gasteiger partial charge on any atom is -0.317 e. The van der Waals surface area contributed by atoms with Crippen LogP contribution >= 0.6 is 0 Å². The number of nitrogens with zero attached hydrogens (tertiary/aromatic N) is 2. The van der Waals surface area contributed by atoms with Crippen LogP contribution in [0.25, 0.3) is 0 Å². The lowest BCUT2D eigenvalue weighted by atomic mass is 10.2. The van der Waals surface area contributed by atoms with E-state index in [1.54, 1.807) is 0 Å². The molecule has 1 rings (SSSR count). The van der Waals surface area contributed by atoms with E-state index < -0.39 is 0 Å². The summed E-state index contributed by atoms with van der Waals surface area (Å²) in [5, 5.41) is 3.48. The Morgan fingerprint density at radius 3 is 2.53 bits per heavy atom. The van der Waals surface area contributed by atoms with Crippen LogP contribution in [-0.4, -0.2) is 61.7 Å². The Labute approximate surface area is 120 Å². The minimum atomic E-state index is 0.821. The molecule has 19 heavy (non-hydrogen) atoms. The van der Waals surface area contributed by atoms with Gasteiger partial charge in [-0.3, -0.25) is 4.90 Å². The highest BCUT2D eigenvalue weighted by atomic mass is 15.2. The molecule has 0 aromatic carbocycles. The first kappa shape index (κ1) is 16.9. The fraction of sp³-hybridized carbons (Fsp3) is 1.00. The molecular formula is C16H35N3. The van der Waals surface area contributed by atoms with Gasteiger partial charge in [-0.1, -0.05) is 27.2 Å². The van der Waals surface area contributed by atoms with Crippen LogP contribution in [0, 0.1) is 0 Å². The summed E-state index contributed by atoms with van der Waals surface area (Å²) < 4.78 is 0. The fourth-order valence-electron chi connectivity index (χ4n) is 3.12. The van der Waals surface area contributed by atoms with Crippen LogP contribution in [0.15, 0.2) is 0 Å². The summed E-state index contributed by atoms with van der Waals surface area (Å²) >= 11 is 0. The maximum Gasteiger partial charge on any atom is 0.0235 e. The summed E-state index contributed by atoms with van der Waals surface area (Å²) in [5.74, 6) is 0. The van der Waals surface area contributed by atoms with E-state index in [0.29, 0.717) is 0 Å². The molecule has 0 aliphatic carbocycles. The zero-order chi connectivity index (χ0) is 13.9. The average Bonchev–Trinajstić information content (AvgIpc) is 2.88. The lowest BCUT2D eigenvalue weighted by Gasteiger charge is -2.26. The number of hydrogen-bond donors (Lipinski definition) is 1. The van der Waals surface area contributed by atoms with Gasteiger partial charge < -0.3 is 10.2 Å². The Hall–Kier alpha value is -0.120. The molecule has 0 radical (unpaired) electrons. The Bertz CT molecular complexity index is 204. The molecule has 1 N–H and O–H groups in total. The zero-order valence-electron chi connectivity index (χ0n) is 13.5. The number of unbranched alkanes of at least 4 members (excludes halogenated alkanes) is 2. The summed E-state index contributed by atoms with van der Waals surface area (Å²) in [6.45, 7) is 15.5. The highest BCUT2D eigenvalue weighted by Crippen LogP contribution is 2.15. The quantitative estimate of drug-likeness (QED) is 0.582. The topological polar surface area (TPSA) is 18.5 Å². The van der Waals surface area contributed by atoms with Crippen LogP contribution in [0.5, 0.6) is 0 Å². The monoisotopic (exact) mass is 269 g/mol. The molecule has 0 aromatic rings. The highest BCUT2D eigenvalue weighted by molar-refractivity contribution is 4.82. The lowest BCUT2D eigenvalue weighted by Crippen LogP contribution is -2.37. The fourth-order valence-corrected chi connectivity index (χ4v) is 3.12. The van der Waals surface area contributed by atoms with Gasteiger partial charge in [0.25, 0.3) is 0 Å². The van der Waals surface area contributed by atoms with Crippen molar-refractivity contribution in [3.8, 4) is 0 Å². The lowest BCUT2D eigenvalue weighted by molar-refractivity contribution is 0.210. The summed E-state index contributed by atoms with van der Waals surface area (Å²) in [4.78, 5) is 5.29. The van der Waals surface area contributed by atoms with Gasteiger partial charge in [-0.2, -0.15) is 0 Å². The van der Waals surface area contributed by atoms with Crippen LogP contribution in [0.3, 0.4) is 0 Å². The van der Waals surface area contributed by atoms with Gasteiger partial charge in [0.2, 0.25) is 0 Å². The van der Waals surface area contributed by atoms with Crippen LogP contribution in [-0.2, 0) is 0 Å². The van der Waals surface area contributed by atoms with Gasteiger partial charge in [0, 0.05) is 12.6 Å². The third-order valence-electron chi connectivity index (χ3n) is 4.33. The molecule has 1 aliphatic heterocycles. The first-order valence-corrected chi connectivity index (χ1v) is 8.48. The van der Waals surface area contributed by atoms with Crippen LogP contribution < -0.4 is 5.32 Å². The first-order chi connectivity index (χ1) is 9.31. The Morgan fingerprint density at radius 2 is 1.84 bits per heavy atom. The van der Waals surface area contributed by atoms with Crippen molar-refractivity contribution < 1.29 is 0 Å². The van der Waals surface area contributed by atoms with Crippen molar-refractivity contribution in [2.24, 2.45) is 0 Å². The summed E-state index contributed by atoms with van der Waals surface area (Å²) in [6, 6.07) is 0.821. The molecule has 0 saturated carbocycles. The van der Waals surface area contributed by atoms with Crippen molar-refractivity contribution in [1.82, 2.24) is 15.1 Å². The third kappa shape index (κ3) is 6.73. The van der Waals surface area contributed by atoms with Gasteiger partial charge in [-0.15, -0.1) is 0 Å². The van der Waals surface area contributed by atoms with Crippen molar-refractivity contribution in [2.45, 2.75) is 58.9 Å². The van der Waals surface area contributed by atoms with E-state index in [-0.39, 0.29) is 0 Å². The van der Waals surface area contributed by atoms with Gasteiger partial charge >= 0.3 is 0 Å². The first-order valence-electron chi connectivity index (χ1n) is 8.48. The third-order valence-corrected chi connectivity index (χ3v) is 4.33. The number of nitrogens with one attached hydrogen (secondary N) is 1. The predicted molar refractivity (Wildman–Crippen MR) is 84.8 cm³/mol. The Morgan fingerprint density at radius 1 is 1.05 bits per heavy atom. The van der Waals surface area contributed by atoms with Crippen molar-refractivity contribution in [3.63, 3.8) is 0 Å². The molecule has 1 aliphatic rings. The number of likely N-dealkylation sites (N-methyl/N-ethyl adjacent to an activating group) is 1. The molecule has 114 valence electrons. The van der Waals surface area contributed by atoms with E-state index in [4.69, 9.17) is 0 Å². The second-order valence-electron chi connectivity index (χ2n) is 5.77. The van der Waals surface area contributed by atoms with E-state index in [1.165, 1.54) is 77.9 Å². The summed E-state index contributed by atoms with van der Waals surface area (Å²) in [5.41, 5.74) is 0. The largest absolute Gasteiger partial charge is 0.317 e. The van der Waals surface area contributed by atoms with Crippen molar-refractivity contribution in [1.29, 1.82) is 0 Å². The van der Waals surface area contributed by atoms with E-state index in [2.05, 4.69) is 35.9 Å². The van der Waals surface area contributed by atoms with Gasteiger partial charge in [0.15, 0.2) is 0 Å². The molecule has 3 heteroatoms. The molecule has 1 atom stereocenters. The molecule has 1 saturated heterocycles. The SMILES string of the molecule is CCCNCCCCCN1CCC(N(CC)CC)C1. The predicted octanol–water partition coefficient (Wildman–Crippen LogP) is 2.57. The summed E-state index contributed by atoms with van der Waals surface area (Å²) in [6.07, 6.45) is 6.72. The van der Waals surface area contributed by atoms with Crippen LogP contribution in [0.4, 0.5) is 0 Å². The molecular weight excluding hydrogens is 234 g/mol. The molecule has 1 heterocycles. The molecule has 0 aromatic heterocycles. The van der Waals surface area contributed by atoms with Crippen molar-refractivity contribution in [3.05, 3.63) is 0 Å². The smallest absolute Gasteiger partial charge is 0.0235 e. The van der Waals surface area contributed by atoms with Gasteiger partial charge in [0.05, 0.1) is 0 Å². The van der Waals surface area contributed by atoms with Gasteiger partial charge in [0.1, 0.15) is 0 Å². The van der Waals surface area contributed by atoms with E-state index in [0.717, 1.165) is 6.04 Å². The molecule has 1 unspecified atom stereocenters. The molecule has 3 nitrogen and oxygen atoms in total. The second kappa shape index (κ2) is 10.6. The molecule has 0 bridgehead atoms. The molecule has 1 fully saturated rings. The van der Waals surface area contributed by atoms with Gasteiger partial charge in [-0.25, -0.2) is 0 Å². The van der Waals surface area contributed by atoms with E-state index in [1.807, 2.05) is 0 Å². The van der Waals surface area contributed by atoms with E-state index >= 15 is 0 Å². The van der Waals surface area contributed by atoms with Crippen LogP contribution in [0.1, 0.15) is 52.9 Å². The number of hydrogen-bond acceptors (Lipinski definition) is 3. The van der Waals surface area contributed by atoms with Gasteiger partial charge in [-0.05, 0) is 65.0 Å². The van der Waals surface area contributed by atoms with Crippen molar-refractivity contribution in [2.75, 3.05) is 45.8 Å². The standard InChI is InChI=1S/C16H35N3/c1-4-11-17-12-8-7-9-13-18-14-10-16(15-18)19(5-2)6-3/h16-17H,4-15H2,1-3H3. The molecule has 0 spiro atoms. The number of likely N-dealkylation sites (tertiary alicyclic amines) is 1. The average molecular weight is 269 g/mol. The Balaban J connectivity index is 1.99. The second-order valence-corrected chi connectivity index (χ2v) is 5.77. The highest BCUT2D eigenvalue weighted by Gasteiger charge is 2.25. The normalized spacial score (nSPS) is 20.5. The van der Waals surface area contributed by atoms with Crippen molar-refractivity contribution >= 4 is 0 Å². The summed E-state index contributed by atoms with van der Waals surface area (Å²) in [7, 11) is 0. The zero-order valence-corrected chi connectivity index (χ0v) is 13.5. The maximum absolute atomic E-state index is 3.48. The maximum atomic E-state index is 3.48. The van der Waals surface area contributed by atoms with E-state index in [9.17, 15) is 0 Å². The van der Waals surface area contributed by atoms with Crippen LogP contribution in [0.2, 0.25) is 0 Å². The number of rotatable bonds is 11. The minimum absolute atomic E-state index is 0.821.